The Balaban J connectivity index is 2.28. The molecule has 0 radical (unpaired) electrons. The maximum absolute atomic E-state index is 3.85. The first-order chi connectivity index (χ1) is 14.1. The second-order valence-corrected chi connectivity index (χ2v) is 10.1. The lowest BCUT2D eigenvalue weighted by Crippen LogP contribution is -2.32. The maximum atomic E-state index is 3.85. The molecular weight excluding hydrogens is 620 g/mol. The van der Waals surface area contributed by atoms with E-state index in [9.17, 15) is 0 Å². The molecule has 0 amide bonds. The van der Waals surface area contributed by atoms with Gasteiger partial charge in [-0.2, -0.15) is 0 Å². The highest BCUT2D eigenvalue weighted by Crippen LogP contribution is 2.52. The predicted octanol–water partition coefficient (Wildman–Crippen LogP) is 9.12. The lowest BCUT2D eigenvalue weighted by atomic mass is 9.65. The zero-order valence-electron chi connectivity index (χ0n) is 15.2. The van der Waals surface area contributed by atoms with Gasteiger partial charge >= 0.3 is 0 Å². The molecule has 0 unspecified atom stereocenters. The summed E-state index contributed by atoms with van der Waals surface area (Å²) in [5.41, 5.74) is 4.13. The summed E-state index contributed by atoms with van der Waals surface area (Å²) in [6, 6.07) is 33.8. The van der Waals surface area contributed by atoms with Gasteiger partial charge < -0.3 is 0 Å². The predicted molar refractivity (Wildman–Crippen MR) is 136 cm³/mol. The molecule has 29 heavy (non-hydrogen) atoms. The molecule has 0 nitrogen and oxygen atoms in total. The van der Waals surface area contributed by atoms with Crippen molar-refractivity contribution in [3.8, 4) is 0 Å². The summed E-state index contributed by atoms with van der Waals surface area (Å²) >= 11 is 15.4. The van der Waals surface area contributed by atoms with E-state index in [1.54, 1.807) is 0 Å². The van der Waals surface area contributed by atoms with Gasteiger partial charge in [-0.1, -0.05) is 137 Å². The third kappa shape index (κ3) is 3.69. The van der Waals surface area contributed by atoms with Crippen LogP contribution in [0, 0.1) is 0 Å². The van der Waals surface area contributed by atoms with Crippen molar-refractivity contribution in [2.45, 2.75) is 5.41 Å². The zero-order chi connectivity index (χ0) is 20.4. The average Bonchev–Trinajstić information content (AvgIpc) is 2.73. The van der Waals surface area contributed by atoms with Gasteiger partial charge in [0.1, 0.15) is 0 Å². The number of rotatable bonds is 4. The highest BCUT2D eigenvalue weighted by Gasteiger charge is 2.43. The number of benzene rings is 4. The monoisotopic (exact) mass is 632 g/mol. The molecule has 0 saturated heterocycles. The number of halogens is 4. The van der Waals surface area contributed by atoms with Crippen molar-refractivity contribution in [2.75, 3.05) is 0 Å². The molecule has 4 heteroatoms. The molecule has 0 heterocycles. The first-order valence-electron chi connectivity index (χ1n) is 9.07. The molecule has 0 spiro atoms. The fourth-order valence-corrected chi connectivity index (χ4v) is 6.26. The summed E-state index contributed by atoms with van der Waals surface area (Å²) < 4.78 is 4.23. The third-order valence-corrected chi connectivity index (χ3v) is 7.88. The van der Waals surface area contributed by atoms with E-state index >= 15 is 0 Å². The van der Waals surface area contributed by atoms with Crippen molar-refractivity contribution in [1.82, 2.24) is 0 Å². The molecule has 0 bridgehead atoms. The van der Waals surface area contributed by atoms with Crippen molar-refractivity contribution < 1.29 is 0 Å². The molecule has 4 aromatic carbocycles. The van der Waals surface area contributed by atoms with Crippen LogP contribution in [0.25, 0.3) is 0 Å². The molecule has 0 aliphatic rings. The van der Waals surface area contributed by atoms with Gasteiger partial charge in [0.25, 0.3) is 0 Å². The van der Waals surface area contributed by atoms with E-state index in [2.05, 4.69) is 161 Å². The summed E-state index contributed by atoms with van der Waals surface area (Å²) in [7, 11) is 0. The van der Waals surface area contributed by atoms with Gasteiger partial charge in [0, 0.05) is 17.9 Å². The third-order valence-electron chi connectivity index (χ3n) is 5.11. The van der Waals surface area contributed by atoms with E-state index in [4.69, 9.17) is 0 Å². The van der Waals surface area contributed by atoms with E-state index in [1.807, 2.05) is 0 Å². The lowest BCUT2D eigenvalue weighted by Gasteiger charge is -2.39. The quantitative estimate of drug-likeness (QED) is 0.196. The van der Waals surface area contributed by atoms with Crippen LogP contribution < -0.4 is 0 Å². The number of hydrogen-bond donors (Lipinski definition) is 0. The maximum Gasteiger partial charge on any atom is 0.0745 e. The molecule has 0 aliphatic carbocycles. The lowest BCUT2D eigenvalue weighted by molar-refractivity contribution is 0.728. The summed E-state index contributed by atoms with van der Waals surface area (Å²) in [6.45, 7) is 0. The summed E-state index contributed by atoms with van der Waals surface area (Å²) in [5.74, 6) is 0. The smallest absolute Gasteiger partial charge is 0.0619 e. The average molecular weight is 636 g/mol. The van der Waals surface area contributed by atoms with Crippen molar-refractivity contribution in [2.24, 2.45) is 0 Å². The minimum atomic E-state index is -0.555. The summed E-state index contributed by atoms with van der Waals surface area (Å²) in [4.78, 5) is 0. The van der Waals surface area contributed by atoms with Gasteiger partial charge in [-0.25, -0.2) is 0 Å². The normalized spacial score (nSPS) is 11.4. The minimum absolute atomic E-state index is 0.555. The Labute approximate surface area is 204 Å². The van der Waals surface area contributed by atoms with Crippen LogP contribution in [0.4, 0.5) is 0 Å². The largest absolute Gasteiger partial charge is 0.0745 e. The van der Waals surface area contributed by atoms with Crippen molar-refractivity contribution in [1.29, 1.82) is 0 Å². The van der Waals surface area contributed by atoms with Crippen molar-refractivity contribution in [3.63, 3.8) is 0 Å². The highest BCUT2D eigenvalue weighted by molar-refractivity contribution is 9.11. The van der Waals surface area contributed by atoms with Crippen LogP contribution in [0.1, 0.15) is 22.3 Å². The van der Waals surface area contributed by atoms with Crippen molar-refractivity contribution >= 4 is 63.7 Å². The van der Waals surface area contributed by atoms with Crippen LogP contribution in [0.15, 0.2) is 115 Å². The van der Waals surface area contributed by atoms with Gasteiger partial charge in [0.15, 0.2) is 0 Å². The van der Waals surface area contributed by atoms with Crippen LogP contribution in [0.2, 0.25) is 0 Å². The Morgan fingerprint density at radius 2 is 0.552 bits per heavy atom. The van der Waals surface area contributed by atoms with Gasteiger partial charge in [0.05, 0.1) is 5.41 Å². The van der Waals surface area contributed by atoms with E-state index in [0.29, 0.717) is 0 Å². The highest BCUT2D eigenvalue weighted by atomic mass is 79.9. The molecular formula is C25H16Br4. The number of hydrogen-bond acceptors (Lipinski definition) is 0. The Morgan fingerprint density at radius 1 is 0.345 bits per heavy atom. The van der Waals surface area contributed by atoms with Crippen LogP contribution in [-0.4, -0.2) is 0 Å². The topological polar surface area (TPSA) is 0 Å². The molecule has 144 valence electrons. The van der Waals surface area contributed by atoms with E-state index in [0.717, 1.165) is 17.9 Å². The Bertz CT molecular complexity index is 979. The molecule has 0 aliphatic heterocycles. The minimum Gasteiger partial charge on any atom is -0.0619 e. The van der Waals surface area contributed by atoms with E-state index in [1.165, 1.54) is 22.3 Å². The second-order valence-electron chi connectivity index (χ2n) is 6.67. The van der Waals surface area contributed by atoms with E-state index < -0.39 is 5.41 Å². The van der Waals surface area contributed by atoms with Gasteiger partial charge in [-0.05, 0) is 46.5 Å². The van der Waals surface area contributed by atoms with Gasteiger partial charge in [-0.15, -0.1) is 0 Å². The molecule has 0 atom stereocenters. The molecule has 0 N–H and O–H groups in total. The van der Waals surface area contributed by atoms with Crippen LogP contribution >= 0.6 is 63.7 Å². The molecule has 0 fully saturated rings. The molecule has 0 aromatic heterocycles. The van der Waals surface area contributed by atoms with Crippen molar-refractivity contribution in [3.05, 3.63) is 137 Å². The Hall–Kier alpha value is -1.20. The van der Waals surface area contributed by atoms with Gasteiger partial charge in [-0.3, -0.25) is 0 Å². The second kappa shape index (κ2) is 8.89. The van der Waals surface area contributed by atoms with E-state index in [-0.39, 0.29) is 0 Å². The summed E-state index contributed by atoms with van der Waals surface area (Å²) in [5, 5.41) is 0. The van der Waals surface area contributed by atoms with Gasteiger partial charge in [0.2, 0.25) is 0 Å². The van der Waals surface area contributed by atoms with Crippen LogP contribution in [0.5, 0.6) is 0 Å². The Kier molecular flexibility index (Phi) is 6.45. The Morgan fingerprint density at radius 3 is 0.759 bits per heavy atom. The SMILES string of the molecule is Brc1ccccc1C(c1ccccc1Br)(c1ccccc1Br)c1ccccc1Br. The fraction of sp³-hybridized carbons (Fsp3) is 0.0400. The zero-order valence-corrected chi connectivity index (χ0v) is 21.6. The van der Waals surface area contributed by atoms with Crippen LogP contribution in [-0.2, 0) is 5.41 Å². The molecule has 0 saturated carbocycles. The summed E-state index contributed by atoms with van der Waals surface area (Å²) in [6.07, 6.45) is 0. The van der Waals surface area contributed by atoms with Crippen LogP contribution in [0.3, 0.4) is 0 Å². The fourth-order valence-electron chi connectivity index (χ4n) is 3.93. The standard InChI is InChI=1S/C25H16Br4/c26-21-13-5-1-9-17(21)25(18-10-2-6-14-22(18)27,19-11-3-7-15-23(19)28)20-12-4-8-16-24(20)29/h1-16H. The molecule has 4 rings (SSSR count). The first-order valence-corrected chi connectivity index (χ1v) is 12.2. The molecule has 4 aromatic rings. The first kappa shape index (κ1) is 21.0.